The van der Waals surface area contributed by atoms with Crippen molar-refractivity contribution >= 4 is 32.7 Å². The van der Waals surface area contributed by atoms with Gasteiger partial charge in [-0.25, -0.2) is 13.4 Å². The largest absolute Gasteiger partial charge is 0.407 e. The molecule has 0 spiro atoms. The predicted octanol–water partition coefficient (Wildman–Crippen LogP) is 4.39. The smallest absolute Gasteiger partial charge is 0.366 e. The number of carbonyl (C=O) groups excluding carboxylic acids is 1. The highest BCUT2D eigenvalue weighted by Gasteiger charge is 2.49. The monoisotopic (exact) mass is 504 g/mol. The Kier molecular flexibility index (Phi) is 5.89. The Labute approximate surface area is 200 Å². The van der Waals surface area contributed by atoms with E-state index in [1.54, 1.807) is 15.5 Å². The van der Waals surface area contributed by atoms with E-state index in [-0.39, 0.29) is 10.5 Å². The number of nitrogens with one attached hydrogen (secondary N) is 1. The Bertz CT molecular complexity index is 1500. The zero-order valence-corrected chi connectivity index (χ0v) is 20.0. The van der Waals surface area contributed by atoms with Crippen molar-refractivity contribution in [3.05, 3.63) is 65.9 Å². The molecule has 0 saturated heterocycles. The third kappa shape index (κ3) is 4.25. The van der Waals surface area contributed by atoms with Gasteiger partial charge in [0.1, 0.15) is 11.2 Å². The average Bonchev–Trinajstić information content (AvgIpc) is 3.05. The number of nitrogens with zero attached hydrogens (tertiary/aromatic N) is 2. The van der Waals surface area contributed by atoms with Gasteiger partial charge in [0.05, 0.1) is 16.2 Å². The molecular weight excluding hydrogens is 481 g/mol. The van der Waals surface area contributed by atoms with Crippen LogP contribution < -0.4 is 10.5 Å². The number of benzene rings is 1. The summed E-state index contributed by atoms with van der Waals surface area (Å²) in [7, 11) is -4.48. The van der Waals surface area contributed by atoms with Crippen molar-refractivity contribution in [3.63, 3.8) is 0 Å². The van der Waals surface area contributed by atoms with Gasteiger partial charge < -0.3 is 5.73 Å². The molecule has 35 heavy (non-hydrogen) atoms. The van der Waals surface area contributed by atoms with Gasteiger partial charge in [-0.1, -0.05) is 25.1 Å². The summed E-state index contributed by atoms with van der Waals surface area (Å²) in [5.74, 6) is -0.687. The third-order valence-corrected chi connectivity index (χ3v) is 7.52. The van der Waals surface area contributed by atoms with Crippen molar-refractivity contribution in [2.45, 2.75) is 43.8 Å². The van der Waals surface area contributed by atoms with Gasteiger partial charge in [-0.05, 0) is 61.7 Å². The lowest BCUT2D eigenvalue weighted by molar-refractivity contribution is -0.180. The number of primary amides is 1. The number of pyridine rings is 1. The normalized spacial score (nSPS) is 14.2. The molecule has 2 heterocycles. The summed E-state index contributed by atoms with van der Waals surface area (Å²) in [6, 6.07) is 7.07. The van der Waals surface area contributed by atoms with Gasteiger partial charge in [0.25, 0.3) is 5.91 Å². The molecule has 0 bridgehead atoms. The number of hydrogen-bond donors (Lipinski definition) is 2. The number of carbonyl (C=O) groups is 1. The highest BCUT2D eigenvalue weighted by molar-refractivity contribution is 7.89. The predicted molar refractivity (Wildman–Crippen MR) is 127 cm³/mol. The minimum atomic E-state index is -4.79. The molecular formula is C24H23F3N4O3S. The van der Waals surface area contributed by atoms with E-state index in [1.165, 1.54) is 24.3 Å². The first-order chi connectivity index (χ1) is 16.3. The second-order valence-corrected chi connectivity index (χ2v) is 10.4. The van der Waals surface area contributed by atoms with Gasteiger partial charge in [-0.2, -0.15) is 17.9 Å². The Morgan fingerprint density at radius 2 is 1.80 bits per heavy atom. The molecule has 7 nitrogen and oxygen atoms in total. The Morgan fingerprint density at radius 3 is 2.29 bits per heavy atom. The lowest BCUT2D eigenvalue weighted by Crippen LogP contribution is -2.54. The number of amides is 1. The third-order valence-electron chi connectivity index (χ3n) is 5.85. The fraction of sp³-hybridized carbons (Fsp3) is 0.250. The number of aryl methyl sites for hydroxylation is 1. The molecule has 184 valence electrons. The van der Waals surface area contributed by atoms with Crippen molar-refractivity contribution in [3.8, 4) is 11.3 Å². The van der Waals surface area contributed by atoms with E-state index in [9.17, 15) is 26.4 Å². The molecule has 0 atom stereocenters. The fourth-order valence-electron chi connectivity index (χ4n) is 3.75. The first kappa shape index (κ1) is 24.7. The summed E-state index contributed by atoms with van der Waals surface area (Å²) in [5, 5.41) is 0.554. The number of sulfonamides is 1. The zero-order valence-electron chi connectivity index (χ0n) is 19.1. The van der Waals surface area contributed by atoms with Crippen LogP contribution in [0, 0.1) is 0 Å². The molecule has 0 saturated carbocycles. The summed E-state index contributed by atoms with van der Waals surface area (Å²) in [5.41, 5.74) is 6.34. The van der Waals surface area contributed by atoms with Gasteiger partial charge in [0, 0.05) is 17.3 Å². The van der Waals surface area contributed by atoms with Crippen LogP contribution in [0.4, 0.5) is 13.2 Å². The van der Waals surface area contributed by atoms with Crippen LogP contribution >= 0.6 is 0 Å². The van der Waals surface area contributed by atoms with Crippen molar-refractivity contribution in [2.75, 3.05) is 0 Å². The maximum absolute atomic E-state index is 13.2. The molecule has 11 heteroatoms. The quantitative estimate of drug-likeness (QED) is 0.498. The number of halogens is 3. The number of nitrogens with two attached hydrogens (primary N) is 1. The minimum Gasteiger partial charge on any atom is -0.366 e. The molecule has 4 rings (SSSR count). The van der Waals surface area contributed by atoms with E-state index in [4.69, 9.17) is 5.73 Å². The summed E-state index contributed by atoms with van der Waals surface area (Å²) < 4.78 is 68.4. The molecule has 0 fully saturated rings. The van der Waals surface area contributed by atoms with Crippen molar-refractivity contribution in [2.24, 2.45) is 5.73 Å². The van der Waals surface area contributed by atoms with Crippen LogP contribution in [0.15, 0.2) is 59.7 Å². The van der Waals surface area contributed by atoms with Gasteiger partial charge in [0.15, 0.2) is 0 Å². The first-order valence-corrected chi connectivity index (χ1v) is 12.2. The van der Waals surface area contributed by atoms with Crippen LogP contribution in [0.5, 0.6) is 0 Å². The number of allylic oxidation sites excluding steroid dienone is 4. The van der Waals surface area contributed by atoms with E-state index in [0.29, 0.717) is 28.7 Å². The van der Waals surface area contributed by atoms with Crippen LogP contribution in [0.25, 0.3) is 28.0 Å². The summed E-state index contributed by atoms with van der Waals surface area (Å²) >= 11 is 0. The van der Waals surface area contributed by atoms with Gasteiger partial charge >= 0.3 is 6.18 Å². The number of fused-ring (bicyclic) bond motifs is 1. The molecule has 1 aliphatic carbocycles. The molecule has 3 aromatic rings. The molecule has 1 aromatic carbocycles. The van der Waals surface area contributed by atoms with Gasteiger partial charge in [-0.15, -0.1) is 0 Å². The van der Waals surface area contributed by atoms with E-state index >= 15 is 0 Å². The van der Waals surface area contributed by atoms with E-state index in [0.717, 1.165) is 25.1 Å². The Balaban J connectivity index is 1.86. The lowest BCUT2D eigenvalue weighted by atomic mass is 10.0. The van der Waals surface area contributed by atoms with Crippen molar-refractivity contribution in [1.82, 2.24) is 14.3 Å². The molecule has 0 unspecified atom stereocenters. The SMILES string of the molecule is CCc1cnc2c(c1)c(C(N)=O)c(-c1ccc(S(=O)(=O)NC(C)(C)C(F)(F)F)cc1)n2C1=CC=C1. The number of alkyl halides is 3. The van der Waals surface area contributed by atoms with E-state index < -0.39 is 27.6 Å². The van der Waals surface area contributed by atoms with Gasteiger partial charge in [-0.3, -0.25) is 9.36 Å². The van der Waals surface area contributed by atoms with Crippen LogP contribution in [-0.4, -0.2) is 35.6 Å². The highest BCUT2D eigenvalue weighted by Crippen LogP contribution is 2.38. The standard InChI is InChI=1S/C24H23F3N4O3S/c1-4-14-12-18-19(21(28)32)20(31(16-6-5-7-16)22(18)29-13-14)15-8-10-17(11-9-15)35(33,34)30-23(2,3)24(25,26)27/h5-13,30H,4H2,1-3H3,(H2,28,32). The maximum atomic E-state index is 13.2. The zero-order chi connectivity index (χ0) is 25.8. The lowest BCUT2D eigenvalue weighted by Gasteiger charge is -2.28. The minimum absolute atomic E-state index is 0.218. The highest BCUT2D eigenvalue weighted by atomic mass is 32.2. The average molecular weight is 505 g/mol. The maximum Gasteiger partial charge on any atom is 0.407 e. The molecule has 3 N–H and O–H groups in total. The molecule has 0 aliphatic heterocycles. The van der Waals surface area contributed by atoms with Gasteiger partial charge in [0.2, 0.25) is 10.0 Å². The first-order valence-electron chi connectivity index (χ1n) is 10.7. The van der Waals surface area contributed by atoms with E-state index in [1.807, 2.05) is 31.2 Å². The summed E-state index contributed by atoms with van der Waals surface area (Å²) in [6.07, 6.45) is 3.08. The molecule has 0 radical (unpaired) electrons. The number of hydrogen-bond acceptors (Lipinski definition) is 4. The van der Waals surface area contributed by atoms with Crippen molar-refractivity contribution < 1.29 is 26.4 Å². The van der Waals surface area contributed by atoms with Crippen LogP contribution in [0.1, 0.15) is 36.7 Å². The topological polar surface area (TPSA) is 107 Å². The number of rotatable bonds is 7. The summed E-state index contributed by atoms with van der Waals surface area (Å²) in [4.78, 5) is 16.7. The fourth-order valence-corrected chi connectivity index (χ4v) is 5.15. The van der Waals surface area contributed by atoms with E-state index in [2.05, 4.69) is 4.98 Å². The van der Waals surface area contributed by atoms with Crippen molar-refractivity contribution in [1.29, 1.82) is 0 Å². The number of aromatic nitrogens is 2. The second-order valence-electron chi connectivity index (χ2n) is 8.69. The molecule has 1 amide bonds. The van der Waals surface area contributed by atoms with Crippen LogP contribution in [0.2, 0.25) is 0 Å². The Morgan fingerprint density at radius 1 is 1.17 bits per heavy atom. The summed E-state index contributed by atoms with van der Waals surface area (Å²) in [6.45, 7) is 3.44. The van der Waals surface area contributed by atoms with Crippen LogP contribution in [0.3, 0.4) is 0 Å². The molecule has 1 aliphatic rings. The second kappa shape index (κ2) is 8.35. The van der Waals surface area contributed by atoms with Crippen LogP contribution in [-0.2, 0) is 16.4 Å². The molecule has 2 aromatic heterocycles. The Hall–Kier alpha value is -3.44.